The summed E-state index contributed by atoms with van der Waals surface area (Å²) >= 11 is 5.48. The molecule has 1 aromatic rings. The zero-order valence-electron chi connectivity index (χ0n) is 4.77. The second-order valence-electron chi connectivity index (χ2n) is 1.21. The van der Waals surface area contributed by atoms with Gasteiger partial charge in [-0.2, -0.15) is 0 Å². The Bertz CT molecular complexity index is 143. The van der Waals surface area contributed by atoms with E-state index in [2.05, 4.69) is 6.07 Å². The van der Waals surface area contributed by atoms with Crippen LogP contribution in [0.25, 0.3) is 0 Å². The summed E-state index contributed by atoms with van der Waals surface area (Å²) in [6.45, 7) is 0. The summed E-state index contributed by atoms with van der Waals surface area (Å²) in [4.78, 5) is 0. The van der Waals surface area contributed by atoms with E-state index in [9.17, 15) is 0 Å². The van der Waals surface area contributed by atoms with Gasteiger partial charge in [0.1, 0.15) is 0 Å². The molecule has 0 fully saturated rings. The molecule has 0 aliphatic carbocycles. The van der Waals surface area contributed by atoms with Crippen LogP contribution in [0.4, 0.5) is 0 Å². The Labute approximate surface area is 89.8 Å². The van der Waals surface area contributed by atoms with Gasteiger partial charge in [0.05, 0.1) is 0 Å². The first-order valence-corrected chi connectivity index (χ1v) is 2.39. The molecule has 0 unspecified atom stereocenters. The molecule has 0 nitrogen and oxygen atoms in total. The molecule has 1 radical (unpaired) electrons. The summed E-state index contributed by atoms with van der Waals surface area (Å²) < 4.78 is 0. The maximum atomic E-state index is 5.48. The predicted octanol–water partition coefficient (Wildman–Crippen LogP) is -0.858. The summed E-state index contributed by atoms with van der Waals surface area (Å²) in [7, 11) is 0. The Morgan fingerprint density at radius 2 is 2.00 bits per heavy atom. The summed E-state index contributed by atoms with van der Waals surface area (Å²) in [6, 6.07) is 10.1. The summed E-state index contributed by atoms with van der Waals surface area (Å²) in [5.74, 6) is 0. The zero-order valence-corrected chi connectivity index (χ0v) is 10.7. The molecule has 45 valence electrons. The molecule has 0 bridgehead atoms. The van der Waals surface area contributed by atoms with Gasteiger partial charge in [-0.3, -0.25) is 0 Å². The van der Waals surface area contributed by atoms with Crippen molar-refractivity contribution in [2.45, 2.75) is 0 Å². The summed E-state index contributed by atoms with van der Waals surface area (Å²) in [5, 5.41) is 0.669. The topological polar surface area (TPSA) is 0 Å². The van der Waals surface area contributed by atoms with E-state index in [-0.39, 0.29) is 43.5 Å². The van der Waals surface area contributed by atoms with Gasteiger partial charge in [0, 0.05) is 30.6 Å². The van der Waals surface area contributed by atoms with E-state index < -0.39 is 0 Å². The maximum absolute atomic E-state index is 5.48. The zero-order chi connectivity index (χ0) is 5.11. The van der Waals surface area contributed by atoms with Gasteiger partial charge in [0.25, 0.3) is 0 Å². The van der Waals surface area contributed by atoms with E-state index >= 15 is 0 Å². The van der Waals surface area contributed by atoms with E-state index in [0.29, 0.717) is 5.02 Å². The van der Waals surface area contributed by atoms with Crippen LogP contribution in [0.3, 0.4) is 0 Å². The van der Waals surface area contributed by atoms with Gasteiger partial charge >= 0.3 is 0 Å². The predicted molar refractivity (Wildman–Crippen MR) is 30.3 cm³/mol. The Hall–Kier alpha value is 0.863. The van der Waals surface area contributed by atoms with Crippen LogP contribution in [0, 0.1) is 6.07 Å². The average Bonchev–Trinajstić information content (AvgIpc) is 1.69. The molecule has 0 saturated heterocycles. The molecule has 1 aromatic carbocycles. The van der Waals surface area contributed by atoms with Crippen LogP contribution in [0.1, 0.15) is 0 Å². The third kappa shape index (κ3) is 5.31. The summed E-state index contributed by atoms with van der Waals surface area (Å²) in [6.07, 6.45) is 0. The van der Waals surface area contributed by atoms with Gasteiger partial charge in [-0.25, -0.2) is 0 Å². The van der Waals surface area contributed by atoms with Gasteiger partial charge in [0.15, 0.2) is 0 Å². The Morgan fingerprint density at radius 1 is 1.33 bits per heavy atom. The first-order chi connectivity index (χ1) is 3.39. The number of hydrogen-bond donors (Lipinski definition) is 0. The molecule has 3 heteroatoms. The van der Waals surface area contributed by atoms with Gasteiger partial charge in [-0.15, -0.1) is 0 Å². The fraction of sp³-hybridized carbons (Fsp3) is 0. The van der Waals surface area contributed by atoms with Crippen LogP contribution in [-0.2, 0) is 19.5 Å². The van der Waals surface area contributed by atoms with Crippen LogP contribution in [-0.4, -0.2) is 0 Å². The molecular formula is C6H4ClIZn-. The molecule has 0 aliphatic rings. The molecule has 0 amide bonds. The molecule has 0 spiro atoms. The van der Waals surface area contributed by atoms with Crippen molar-refractivity contribution in [3.05, 3.63) is 35.4 Å². The fourth-order valence-corrected chi connectivity index (χ4v) is 0.507. The molecule has 0 aliphatic heterocycles. The second-order valence-corrected chi connectivity index (χ2v) is 1.62. The minimum atomic E-state index is 0. The SMILES string of the molecule is Clc1[c]cccc1.[I-].[Zn]. The maximum Gasteiger partial charge on any atom is 0.0484 e. The Morgan fingerprint density at radius 3 is 2.22 bits per heavy atom. The third-order valence-electron chi connectivity index (χ3n) is 0.671. The van der Waals surface area contributed by atoms with E-state index in [0.717, 1.165) is 0 Å². The first-order valence-electron chi connectivity index (χ1n) is 2.02. The van der Waals surface area contributed by atoms with Crippen molar-refractivity contribution in [1.29, 1.82) is 0 Å². The standard InChI is InChI=1S/C6H4Cl.HI.Zn/c7-6-4-2-1-3-5-6;;/h1-4H;1H;/p-1. The minimum Gasteiger partial charge on any atom is -1.00 e. The number of rotatable bonds is 0. The van der Waals surface area contributed by atoms with Crippen LogP contribution in [0.2, 0.25) is 5.02 Å². The molecule has 0 saturated carbocycles. The quantitative estimate of drug-likeness (QED) is 0.432. The van der Waals surface area contributed by atoms with Gasteiger partial charge in [-0.1, -0.05) is 29.8 Å². The third-order valence-corrected chi connectivity index (χ3v) is 0.906. The molecular weight excluding hydrogens is 300 g/mol. The van der Waals surface area contributed by atoms with Crippen LogP contribution >= 0.6 is 11.6 Å². The van der Waals surface area contributed by atoms with E-state index in [1.807, 2.05) is 12.1 Å². The Kier molecular flexibility index (Phi) is 9.71. The van der Waals surface area contributed by atoms with Crippen molar-refractivity contribution in [2.24, 2.45) is 0 Å². The smallest absolute Gasteiger partial charge is 0.0484 e. The second kappa shape index (κ2) is 6.98. The number of hydrogen-bond acceptors (Lipinski definition) is 0. The van der Waals surface area contributed by atoms with Crippen LogP contribution in [0.5, 0.6) is 0 Å². The molecule has 1 rings (SSSR count). The number of halogens is 2. The summed E-state index contributed by atoms with van der Waals surface area (Å²) in [5.41, 5.74) is 0. The van der Waals surface area contributed by atoms with Gasteiger partial charge < -0.3 is 24.0 Å². The average molecular weight is 304 g/mol. The van der Waals surface area contributed by atoms with E-state index in [1.165, 1.54) is 0 Å². The minimum absolute atomic E-state index is 0. The van der Waals surface area contributed by atoms with Crippen LogP contribution in [0.15, 0.2) is 24.3 Å². The van der Waals surface area contributed by atoms with Crippen molar-refractivity contribution in [3.63, 3.8) is 0 Å². The van der Waals surface area contributed by atoms with Crippen molar-refractivity contribution in [2.75, 3.05) is 0 Å². The molecule has 0 N–H and O–H groups in total. The molecule has 0 heterocycles. The first kappa shape index (κ1) is 12.5. The van der Waals surface area contributed by atoms with Gasteiger partial charge in [0.2, 0.25) is 0 Å². The van der Waals surface area contributed by atoms with Crippen molar-refractivity contribution < 1.29 is 43.5 Å². The van der Waals surface area contributed by atoms with Crippen molar-refractivity contribution >= 4 is 11.6 Å². The van der Waals surface area contributed by atoms with Crippen molar-refractivity contribution in [1.82, 2.24) is 0 Å². The largest absolute Gasteiger partial charge is 1.00 e. The van der Waals surface area contributed by atoms with Crippen LogP contribution < -0.4 is 24.0 Å². The monoisotopic (exact) mass is 302 g/mol. The van der Waals surface area contributed by atoms with Gasteiger partial charge in [-0.05, 0) is 6.07 Å². The molecule has 0 atom stereocenters. The Balaban J connectivity index is 0. The number of benzene rings is 1. The fourth-order valence-electron chi connectivity index (χ4n) is 0.371. The molecule has 0 aromatic heterocycles. The van der Waals surface area contributed by atoms with E-state index in [4.69, 9.17) is 11.6 Å². The normalized spacial score (nSPS) is 6.78. The van der Waals surface area contributed by atoms with Crippen molar-refractivity contribution in [3.8, 4) is 0 Å². The van der Waals surface area contributed by atoms with E-state index in [1.54, 1.807) is 12.1 Å². The molecule has 9 heavy (non-hydrogen) atoms.